The van der Waals surface area contributed by atoms with Crippen molar-refractivity contribution in [2.45, 2.75) is 86.1 Å². The third kappa shape index (κ3) is 6.08. The molecular formula is C31H43ClN6O2S. The van der Waals surface area contributed by atoms with Gasteiger partial charge in [-0.2, -0.15) is 5.26 Å². The Balaban J connectivity index is 1.21. The fourth-order valence-corrected chi connectivity index (χ4v) is 9.85. The van der Waals surface area contributed by atoms with Gasteiger partial charge in [-0.05, 0) is 75.4 Å². The van der Waals surface area contributed by atoms with E-state index in [4.69, 9.17) is 16.3 Å². The summed E-state index contributed by atoms with van der Waals surface area (Å²) in [4.78, 5) is 19.3. The first kappa shape index (κ1) is 29.4. The second-order valence-corrected chi connectivity index (χ2v) is 14.4. The summed E-state index contributed by atoms with van der Waals surface area (Å²) in [5.74, 6) is 1.30. The highest BCUT2D eigenvalue weighted by molar-refractivity contribution is 8.00. The molecule has 7 atom stereocenters. The molecule has 4 aliphatic heterocycles. The molecule has 1 aromatic carbocycles. The number of likely N-dealkylation sites (N-methyl/N-ethyl adjacent to an activating group) is 1. The standard InChI is InChI=1S/C31H43ClN6O2S/c1-3-28(39)38-15-14-37(18-22(38)10-12-33)29-24-9-11-31(16-21-6-4-8-26(32)25(21)20-41-31)17-27(24)34-30(35-29)40-19-23-7-5-13-36(23)2/h3-4,6,8,22-24,27,29-30,34-35H,1,5,7,9-11,13-20H2,2H3/t22?,23?,24?,27?,29?,30?,31-/m1/s1. The van der Waals surface area contributed by atoms with E-state index in [0.29, 0.717) is 44.1 Å². The Morgan fingerprint density at radius 1 is 1.29 bits per heavy atom. The van der Waals surface area contributed by atoms with Gasteiger partial charge >= 0.3 is 0 Å². The van der Waals surface area contributed by atoms with E-state index in [1.165, 1.54) is 36.5 Å². The van der Waals surface area contributed by atoms with E-state index in [2.05, 4.69) is 64.0 Å². The van der Waals surface area contributed by atoms with Gasteiger partial charge in [0.25, 0.3) is 0 Å². The van der Waals surface area contributed by atoms with E-state index in [-0.39, 0.29) is 29.2 Å². The van der Waals surface area contributed by atoms with Crippen LogP contribution in [0, 0.1) is 17.2 Å². The second-order valence-electron chi connectivity index (χ2n) is 12.6. The molecule has 10 heteroatoms. The van der Waals surface area contributed by atoms with Crippen LogP contribution in [0.2, 0.25) is 5.02 Å². The number of benzene rings is 1. The minimum atomic E-state index is -0.233. The first-order chi connectivity index (χ1) is 19.9. The number of amides is 1. The van der Waals surface area contributed by atoms with Crippen LogP contribution in [0.5, 0.6) is 0 Å². The Morgan fingerprint density at radius 3 is 2.95 bits per heavy atom. The van der Waals surface area contributed by atoms with E-state index < -0.39 is 0 Å². The van der Waals surface area contributed by atoms with Gasteiger partial charge in [-0.3, -0.25) is 20.3 Å². The fourth-order valence-electron chi connectivity index (χ4n) is 7.90. The quantitative estimate of drug-likeness (QED) is 0.481. The maximum Gasteiger partial charge on any atom is 0.246 e. The Labute approximate surface area is 253 Å². The smallest absolute Gasteiger partial charge is 0.246 e. The summed E-state index contributed by atoms with van der Waals surface area (Å²) in [6.07, 6.45) is 8.42. The van der Waals surface area contributed by atoms with Crippen LogP contribution in [0.4, 0.5) is 0 Å². The molecule has 0 bridgehead atoms. The number of likely N-dealkylation sites (tertiary alicyclic amines) is 1. The fraction of sp³-hybridized carbons (Fsp3) is 0.677. The number of piperazine rings is 1. The van der Waals surface area contributed by atoms with Gasteiger partial charge in [0.1, 0.15) is 0 Å². The zero-order valence-corrected chi connectivity index (χ0v) is 25.6. The highest BCUT2D eigenvalue weighted by Gasteiger charge is 2.50. The van der Waals surface area contributed by atoms with Crippen LogP contribution < -0.4 is 10.6 Å². The number of thioether (sulfide) groups is 1. The summed E-state index contributed by atoms with van der Waals surface area (Å²) >= 11 is 8.66. The van der Waals surface area contributed by atoms with Crippen molar-refractivity contribution in [3.8, 4) is 6.07 Å². The molecule has 4 heterocycles. The van der Waals surface area contributed by atoms with Gasteiger partial charge in [0.2, 0.25) is 5.91 Å². The minimum absolute atomic E-state index is 0.0859. The monoisotopic (exact) mass is 598 g/mol. The van der Waals surface area contributed by atoms with Gasteiger partial charge in [0, 0.05) is 53.2 Å². The summed E-state index contributed by atoms with van der Waals surface area (Å²) < 4.78 is 6.76. The molecular weight excluding hydrogens is 556 g/mol. The lowest BCUT2D eigenvalue weighted by atomic mass is 9.72. The Hall–Kier alpha value is -1.64. The van der Waals surface area contributed by atoms with Crippen molar-refractivity contribution < 1.29 is 9.53 Å². The summed E-state index contributed by atoms with van der Waals surface area (Å²) in [6, 6.07) is 9.32. The number of halogens is 1. The molecule has 3 saturated heterocycles. The molecule has 1 amide bonds. The third-order valence-electron chi connectivity index (χ3n) is 10.2. The van der Waals surface area contributed by atoms with Crippen LogP contribution in [-0.2, 0) is 21.7 Å². The van der Waals surface area contributed by atoms with Crippen molar-refractivity contribution >= 4 is 29.3 Å². The van der Waals surface area contributed by atoms with E-state index in [0.717, 1.165) is 43.1 Å². The number of hydrogen-bond acceptors (Lipinski definition) is 8. The first-order valence-corrected chi connectivity index (χ1v) is 16.5. The average Bonchev–Trinajstić information content (AvgIpc) is 3.39. The van der Waals surface area contributed by atoms with Gasteiger partial charge in [-0.1, -0.05) is 30.3 Å². The number of nitriles is 1. The molecule has 1 saturated carbocycles. The summed E-state index contributed by atoms with van der Waals surface area (Å²) in [5.41, 5.74) is 2.71. The number of nitrogens with one attached hydrogen (secondary N) is 2. The normalized spacial score (nSPS) is 36.0. The molecule has 4 fully saturated rings. The average molecular weight is 599 g/mol. The second kappa shape index (κ2) is 12.5. The predicted octanol–water partition coefficient (Wildman–Crippen LogP) is 3.56. The number of hydrogen-bond donors (Lipinski definition) is 2. The Bertz CT molecular complexity index is 1180. The van der Waals surface area contributed by atoms with Crippen LogP contribution in [0.1, 0.15) is 49.7 Å². The third-order valence-corrected chi connectivity index (χ3v) is 12.1. The molecule has 6 rings (SSSR count). The van der Waals surface area contributed by atoms with Crippen LogP contribution in [0.15, 0.2) is 30.9 Å². The lowest BCUT2D eigenvalue weighted by Gasteiger charge is -2.56. The molecule has 0 aromatic heterocycles. The lowest BCUT2D eigenvalue weighted by molar-refractivity contribution is -0.135. The summed E-state index contributed by atoms with van der Waals surface area (Å²) in [6.45, 7) is 7.57. The highest BCUT2D eigenvalue weighted by Crippen LogP contribution is 2.51. The molecule has 41 heavy (non-hydrogen) atoms. The lowest BCUT2D eigenvalue weighted by Crippen LogP contribution is -2.73. The van der Waals surface area contributed by atoms with Crippen molar-refractivity contribution in [3.63, 3.8) is 0 Å². The van der Waals surface area contributed by atoms with E-state index in [1.807, 2.05) is 11.0 Å². The molecule has 2 N–H and O–H groups in total. The Morgan fingerprint density at radius 2 is 2.17 bits per heavy atom. The SMILES string of the molecule is C=CC(=O)N1CCN(C2NC(OCC3CCCN3C)NC3C[C@@]4(CCC32)Cc2cccc(Cl)c2CS4)CC1CC#N. The number of nitrogens with zero attached hydrogens (tertiary/aromatic N) is 4. The van der Waals surface area contributed by atoms with Crippen molar-refractivity contribution in [1.82, 2.24) is 25.3 Å². The summed E-state index contributed by atoms with van der Waals surface area (Å²) in [5, 5.41) is 18.2. The van der Waals surface area contributed by atoms with Crippen molar-refractivity contribution in [2.24, 2.45) is 5.92 Å². The van der Waals surface area contributed by atoms with Gasteiger partial charge in [0.05, 0.1) is 31.3 Å². The molecule has 1 aromatic rings. The van der Waals surface area contributed by atoms with E-state index >= 15 is 0 Å². The van der Waals surface area contributed by atoms with Crippen molar-refractivity contribution in [3.05, 3.63) is 47.0 Å². The maximum atomic E-state index is 12.6. The molecule has 5 aliphatic rings. The highest BCUT2D eigenvalue weighted by atomic mass is 35.5. The maximum absolute atomic E-state index is 12.6. The number of rotatable bonds is 6. The zero-order chi connectivity index (χ0) is 28.6. The zero-order valence-electron chi connectivity index (χ0n) is 24.1. The van der Waals surface area contributed by atoms with Crippen LogP contribution >= 0.6 is 23.4 Å². The van der Waals surface area contributed by atoms with Crippen molar-refractivity contribution in [1.29, 1.82) is 5.26 Å². The largest absolute Gasteiger partial charge is 0.348 e. The van der Waals surface area contributed by atoms with Gasteiger partial charge in [0.15, 0.2) is 6.35 Å². The van der Waals surface area contributed by atoms with E-state index in [9.17, 15) is 10.1 Å². The molecule has 8 nitrogen and oxygen atoms in total. The molecule has 0 radical (unpaired) electrons. The van der Waals surface area contributed by atoms with Crippen LogP contribution in [0.3, 0.4) is 0 Å². The number of ether oxygens (including phenoxy) is 1. The first-order valence-electron chi connectivity index (χ1n) is 15.2. The number of carbonyl (C=O) groups is 1. The summed E-state index contributed by atoms with van der Waals surface area (Å²) in [7, 11) is 2.19. The van der Waals surface area contributed by atoms with Crippen molar-refractivity contribution in [2.75, 3.05) is 39.8 Å². The number of fused-ring (bicyclic) bond motifs is 2. The Kier molecular flexibility index (Phi) is 9.00. The topological polar surface area (TPSA) is 83.9 Å². The molecule has 222 valence electrons. The van der Waals surface area contributed by atoms with Gasteiger partial charge in [-0.15, -0.1) is 11.8 Å². The van der Waals surface area contributed by atoms with Crippen LogP contribution in [0.25, 0.3) is 0 Å². The van der Waals surface area contributed by atoms with E-state index in [1.54, 1.807) is 0 Å². The predicted molar refractivity (Wildman–Crippen MR) is 163 cm³/mol. The van der Waals surface area contributed by atoms with Gasteiger partial charge in [-0.25, -0.2) is 0 Å². The molecule has 1 aliphatic carbocycles. The number of carbonyl (C=O) groups excluding carboxylic acids is 1. The minimum Gasteiger partial charge on any atom is -0.348 e. The van der Waals surface area contributed by atoms with Crippen LogP contribution in [-0.4, -0.2) is 95.8 Å². The van der Waals surface area contributed by atoms with Gasteiger partial charge < -0.3 is 14.5 Å². The molecule has 1 spiro atoms. The molecule has 6 unspecified atom stereocenters.